The van der Waals surface area contributed by atoms with Crippen molar-refractivity contribution in [3.8, 4) is 0 Å². The van der Waals surface area contributed by atoms with Crippen LogP contribution in [0.2, 0.25) is 0 Å². The van der Waals surface area contributed by atoms with Gasteiger partial charge in [0.05, 0.1) is 18.3 Å². The van der Waals surface area contributed by atoms with Crippen molar-refractivity contribution in [3.05, 3.63) is 29.8 Å². The lowest BCUT2D eigenvalue weighted by Crippen LogP contribution is -2.32. The molecular weight excluding hydrogens is 316 g/mol. The van der Waals surface area contributed by atoms with Gasteiger partial charge in [-0.15, -0.1) is 0 Å². The topological polar surface area (TPSA) is 79.1 Å². The van der Waals surface area contributed by atoms with E-state index in [9.17, 15) is 5.11 Å². The largest absolute Gasteiger partial charge is 0.394 e. The van der Waals surface area contributed by atoms with Gasteiger partial charge in [0.25, 0.3) is 0 Å². The maximum atomic E-state index is 9.50. The third-order valence-corrected chi connectivity index (χ3v) is 4.75. The molecule has 0 bridgehead atoms. The van der Waals surface area contributed by atoms with Crippen molar-refractivity contribution in [2.75, 3.05) is 29.9 Å². The molecule has 1 saturated heterocycles. The van der Waals surface area contributed by atoms with E-state index in [1.165, 1.54) is 5.69 Å². The van der Waals surface area contributed by atoms with E-state index in [2.05, 4.69) is 49.9 Å². The van der Waals surface area contributed by atoms with Gasteiger partial charge in [-0.3, -0.25) is 4.68 Å². The number of anilines is 2. The Morgan fingerprint density at radius 1 is 1.32 bits per heavy atom. The first kappa shape index (κ1) is 17.7. The van der Waals surface area contributed by atoms with Crippen molar-refractivity contribution in [2.24, 2.45) is 5.92 Å². The number of aromatic nitrogens is 4. The summed E-state index contributed by atoms with van der Waals surface area (Å²) in [4.78, 5) is 10.9. The van der Waals surface area contributed by atoms with Gasteiger partial charge in [-0.25, -0.2) is 9.97 Å². The van der Waals surface area contributed by atoms with Crippen LogP contribution in [0.15, 0.2) is 18.5 Å². The SMILES string of the molecule is Cc1cc(C)n(C[C@@H](C)CNc2cc(N3CCC[C@@H]3CO)ncn2)n1. The second kappa shape index (κ2) is 7.82. The van der Waals surface area contributed by atoms with Crippen LogP contribution < -0.4 is 10.2 Å². The minimum atomic E-state index is 0.173. The molecule has 0 aromatic carbocycles. The molecule has 0 amide bonds. The molecule has 1 aliphatic heterocycles. The van der Waals surface area contributed by atoms with Gasteiger partial charge >= 0.3 is 0 Å². The Kier molecular flexibility index (Phi) is 5.53. The minimum absolute atomic E-state index is 0.173. The summed E-state index contributed by atoms with van der Waals surface area (Å²) in [6.45, 7) is 9.12. The third-order valence-electron chi connectivity index (χ3n) is 4.75. The van der Waals surface area contributed by atoms with E-state index in [0.29, 0.717) is 5.92 Å². The predicted molar refractivity (Wildman–Crippen MR) is 98.8 cm³/mol. The van der Waals surface area contributed by atoms with Crippen molar-refractivity contribution in [3.63, 3.8) is 0 Å². The smallest absolute Gasteiger partial charge is 0.134 e. The van der Waals surface area contributed by atoms with Crippen molar-refractivity contribution in [1.82, 2.24) is 19.7 Å². The molecule has 0 unspecified atom stereocenters. The Morgan fingerprint density at radius 3 is 2.88 bits per heavy atom. The molecule has 2 atom stereocenters. The number of nitrogens with one attached hydrogen (secondary N) is 1. The highest BCUT2D eigenvalue weighted by Crippen LogP contribution is 2.24. The molecular formula is C18H28N6O. The molecule has 7 nitrogen and oxygen atoms in total. The normalized spacial score (nSPS) is 18.6. The van der Waals surface area contributed by atoms with Crippen LogP contribution in [0.25, 0.3) is 0 Å². The molecule has 0 aliphatic carbocycles. The predicted octanol–water partition coefficient (Wildman–Crippen LogP) is 2.00. The lowest BCUT2D eigenvalue weighted by molar-refractivity contribution is 0.266. The van der Waals surface area contributed by atoms with Gasteiger partial charge in [-0.1, -0.05) is 6.92 Å². The van der Waals surface area contributed by atoms with Crippen LogP contribution in [-0.2, 0) is 6.54 Å². The number of rotatable bonds is 7. The lowest BCUT2D eigenvalue weighted by Gasteiger charge is -2.24. The average Bonchev–Trinajstić information content (AvgIpc) is 3.19. The highest BCUT2D eigenvalue weighted by Gasteiger charge is 2.25. The molecule has 2 aromatic heterocycles. The Labute approximate surface area is 149 Å². The molecule has 1 aliphatic rings. The Hall–Kier alpha value is -2.15. The van der Waals surface area contributed by atoms with Gasteiger partial charge in [0.2, 0.25) is 0 Å². The fraction of sp³-hybridized carbons (Fsp3) is 0.611. The minimum Gasteiger partial charge on any atom is -0.394 e. The summed E-state index contributed by atoms with van der Waals surface area (Å²) >= 11 is 0. The first-order chi connectivity index (χ1) is 12.1. The quantitative estimate of drug-likeness (QED) is 0.800. The molecule has 2 N–H and O–H groups in total. The summed E-state index contributed by atoms with van der Waals surface area (Å²) in [6.07, 6.45) is 3.71. The van der Waals surface area contributed by atoms with Crippen LogP contribution in [0.4, 0.5) is 11.6 Å². The zero-order chi connectivity index (χ0) is 17.8. The fourth-order valence-corrected chi connectivity index (χ4v) is 3.43. The molecule has 0 saturated carbocycles. The highest BCUT2D eigenvalue weighted by atomic mass is 16.3. The average molecular weight is 344 g/mol. The second-order valence-corrected chi connectivity index (χ2v) is 7.03. The van der Waals surface area contributed by atoms with Crippen molar-refractivity contribution < 1.29 is 5.11 Å². The van der Waals surface area contributed by atoms with Crippen LogP contribution in [0.5, 0.6) is 0 Å². The number of nitrogens with zero attached hydrogens (tertiary/aromatic N) is 5. The van der Waals surface area contributed by atoms with Crippen LogP contribution in [0, 0.1) is 19.8 Å². The van der Waals surface area contributed by atoms with Gasteiger partial charge in [-0.2, -0.15) is 5.10 Å². The van der Waals surface area contributed by atoms with Crippen molar-refractivity contribution in [2.45, 2.75) is 46.2 Å². The van der Waals surface area contributed by atoms with Crippen LogP contribution in [-0.4, -0.2) is 50.6 Å². The summed E-state index contributed by atoms with van der Waals surface area (Å²) in [5.41, 5.74) is 2.25. The van der Waals surface area contributed by atoms with Crippen molar-refractivity contribution in [1.29, 1.82) is 0 Å². The van der Waals surface area contributed by atoms with Crippen LogP contribution in [0.3, 0.4) is 0 Å². The van der Waals surface area contributed by atoms with E-state index in [1.807, 2.05) is 13.0 Å². The molecule has 3 heterocycles. The third kappa shape index (κ3) is 4.28. The molecule has 7 heteroatoms. The summed E-state index contributed by atoms with van der Waals surface area (Å²) in [5, 5.41) is 17.4. The number of hydrogen-bond donors (Lipinski definition) is 2. The summed E-state index contributed by atoms with van der Waals surface area (Å²) in [7, 11) is 0. The van der Waals surface area contributed by atoms with Gasteiger partial charge in [0.15, 0.2) is 0 Å². The van der Waals surface area contributed by atoms with Crippen LogP contribution in [0.1, 0.15) is 31.2 Å². The Morgan fingerprint density at radius 2 is 2.16 bits per heavy atom. The lowest BCUT2D eigenvalue weighted by atomic mass is 10.2. The zero-order valence-electron chi connectivity index (χ0n) is 15.3. The fourth-order valence-electron chi connectivity index (χ4n) is 3.43. The van der Waals surface area contributed by atoms with E-state index in [4.69, 9.17) is 0 Å². The molecule has 0 radical (unpaired) electrons. The Balaban J connectivity index is 1.58. The van der Waals surface area contributed by atoms with E-state index >= 15 is 0 Å². The maximum absolute atomic E-state index is 9.50. The number of aliphatic hydroxyl groups excluding tert-OH is 1. The maximum Gasteiger partial charge on any atom is 0.134 e. The monoisotopic (exact) mass is 344 g/mol. The molecule has 3 rings (SSSR count). The summed E-state index contributed by atoms with van der Waals surface area (Å²) in [5.74, 6) is 2.14. The first-order valence-electron chi connectivity index (χ1n) is 9.01. The molecule has 1 fully saturated rings. The highest BCUT2D eigenvalue weighted by molar-refractivity contribution is 5.49. The van der Waals surface area contributed by atoms with Crippen LogP contribution >= 0.6 is 0 Å². The molecule has 25 heavy (non-hydrogen) atoms. The zero-order valence-corrected chi connectivity index (χ0v) is 15.3. The van der Waals surface area contributed by atoms with Gasteiger partial charge in [0.1, 0.15) is 18.0 Å². The molecule has 136 valence electrons. The van der Waals surface area contributed by atoms with Crippen molar-refractivity contribution >= 4 is 11.6 Å². The van der Waals surface area contributed by atoms with Gasteiger partial charge < -0.3 is 15.3 Å². The number of aliphatic hydroxyl groups is 1. The van der Waals surface area contributed by atoms with Gasteiger partial charge in [0, 0.05) is 31.4 Å². The van der Waals surface area contributed by atoms with E-state index in [0.717, 1.165) is 49.8 Å². The summed E-state index contributed by atoms with van der Waals surface area (Å²) < 4.78 is 2.06. The van der Waals surface area contributed by atoms with E-state index in [1.54, 1.807) is 6.33 Å². The number of hydrogen-bond acceptors (Lipinski definition) is 6. The molecule has 2 aromatic rings. The van der Waals surface area contributed by atoms with E-state index < -0.39 is 0 Å². The second-order valence-electron chi connectivity index (χ2n) is 7.03. The first-order valence-corrected chi connectivity index (χ1v) is 9.01. The molecule has 0 spiro atoms. The summed E-state index contributed by atoms with van der Waals surface area (Å²) in [6, 6.07) is 4.25. The van der Waals surface area contributed by atoms with E-state index in [-0.39, 0.29) is 12.6 Å². The standard InChI is InChI=1S/C18H28N6O/c1-13(10-24-15(3)7-14(2)22-24)9-19-17-8-18(21-12-20-17)23-6-4-5-16(23)11-25/h7-8,12-13,16,25H,4-6,9-11H2,1-3H3,(H,19,20,21)/t13-,16+/m0/s1. The number of aryl methyl sites for hydroxylation is 2. The Bertz CT molecular complexity index is 701. The van der Waals surface area contributed by atoms with Gasteiger partial charge in [-0.05, 0) is 38.7 Å².